The van der Waals surface area contributed by atoms with Gasteiger partial charge in [0.15, 0.2) is 0 Å². The molecule has 1 saturated heterocycles. The Balaban J connectivity index is 1.48. The third-order valence-corrected chi connectivity index (χ3v) is 7.57. The van der Waals surface area contributed by atoms with Crippen LogP contribution in [0.4, 0.5) is 5.69 Å². The molecule has 2 aromatic carbocycles. The fraction of sp³-hybridized carbons (Fsp3) is 0.381. The first-order chi connectivity index (χ1) is 14.0. The zero-order valence-electron chi connectivity index (χ0n) is 16.5. The van der Waals surface area contributed by atoms with Gasteiger partial charge in [0.2, 0.25) is 5.96 Å². The summed E-state index contributed by atoms with van der Waals surface area (Å²) in [5.74, 6) is 0.559. The van der Waals surface area contributed by atoms with Crippen LogP contribution in [0.1, 0.15) is 12.5 Å². The van der Waals surface area contributed by atoms with Crippen molar-refractivity contribution in [3.63, 3.8) is 0 Å². The predicted molar refractivity (Wildman–Crippen MR) is 117 cm³/mol. The van der Waals surface area contributed by atoms with Crippen LogP contribution in [0.15, 0.2) is 58.4 Å². The van der Waals surface area contributed by atoms with Crippen LogP contribution in [0.2, 0.25) is 5.02 Å². The summed E-state index contributed by atoms with van der Waals surface area (Å²) in [6.45, 7) is 5.86. The van der Waals surface area contributed by atoms with Gasteiger partial charge in [-0.3, -0.25) is 4.99 Å². The molecule has 154 valence electrons. The lowest BCUT2D eigenvalue weighted by Crippen LogP contribution is -2.53. The largest absolute Gasteiger partial charge is 0.367 e. The van der Waals surface area contributed by atoms with Gasteiger partial charge in [-0.05, 0) is 36.2 Å². The molecule has 2 heterocycles. The van der Waals surface area contributed by atoms with E-state index in [2.05, 4.69) is 21.7 Å². The second-order valence-electron chi connectivity index (χ2n) is 7.18. The van der Waals surface area contributed by atoms with Crippen molar-refractivity contribution in [2.75, 3.05) is 44.2 Å². The number of sulfonamides is 1. The molecule has 1 fully saturated rings. The Morgan fingerprint density at radius 2 is 1.59 bits per heavy atom. The molecular formula is C21H25ClN4O2S. The van der Waals surface area contributed by atoms with Gasteiger partial charge < -0.3 is 9.80 Å². The normalized spacial score (nSPS) is 17.6. The van der Waals surface area contributed by atoms with E-state index in [9.17, 15) is 8.42 Å². The number of piperazine rings is 1. The molecule has 0 spiro atoms. The second kappa shape index (κ2) is 8.24. The topological polar surface area (TPSA) is 56.2 Å². The lowest BCUT2D eigenvalue weighted by molar-refractivity contribution is 0.358. The number of aryl methyl sites for hydroxylation is 1. The molecule has 0 amide bonds. The first-order valence-electron chi connectivity index (χ1n) is 9.91. The van der Waals surface area contributed by atoms with E-state index in [-0.39, 0.29) is 0 Å². The molecule has 2 aliphatic rings. The van der Waals surface area contributed by atoms with Gasteiger partial charge in [-0.15, -0.1) is 0 Å². The Labute approximate surface area is 177 Å². The lowest BCUT2D eigenvalue weighted by Gasteiger charge is -2.39. The summed E-state index contributed by atoms with van der Waals surface area (Å²) in [7, 11) is -3.61. The van der Waals surface area contributed by atoms with Gasteiger partial charge in [-0.1, -0.05) is 42.8 Å². The Morgan fingerprint density at radius 3 is 2.24 bits per heavy atom. The van der Waals surface area contributed by atoms with Gasteiger partial charge in [0.05, 0.1) is 28.7 Å². The highest BCUT2D eigenvalue weighted by atomic mass is 35.5. The molecule has 4 rings (SSSR count). The van der Waals surface area contributed by atoms with E-state index >= 15 is 0 Å². The number of benzene rings is 2. The highest BCUT2D eigenvalue weighted by molar-refractivity contribution is 7.89. The summed E-state index contributed by atoms with van der Waals surface area (Å²) in [6.07, 6.45) is 0.881. The number of halogens is 1. The molecule has 6 nitrogen and oxygen atoms in total. The average molecular weight is 433 g/mol. The zero-order chi connectivity index (χ0) is 20.4. The standard InChI is InChI=1S/C21H25ClN4O2S/c1-2-17-7-9-18(10-8-17)29(27,28)26-12-11-23-21(26)25-15-13-24(14-16-25)20-6-4-3-5-19(20)22/h3-10H,2,11-16H2,1H3. The summed E-state index contributed by atoms with van der Waals surface area (Å²) in [5, 5.41) is 0.735. The fourth-order valence-electron chi connectivity index (χ4n) is 3.79. The molecule has 8 heteroatoms. The monoisotopic (exact) mass is 432 g/mol. The summed E-state index contributed by atoms with van der Waals surface area (Å²) in [5.41, 5.74) is 2.14. The third kappa shape index (κ3) is 3.94. The van der Waals surface area contributed by atoms with Crippen molar-refractivity contribution in [1.29, 1.82) is 0 Å². The number of para-hydroxylation sites is 1. The zero-order valence-corrected chi connectivity index (χ0v) is 18.0. The van der Waals surface area contributed by atoms with Crippen molar-refractivity contribution >= 4 is 33.3 Å². The van der Waals surface area contributed by atoms with Crippen molar-refractivity contribution < 1.29 is 8.42 Å². The molecule has 0 saturated carbocycles. The van der Waals surface area contributed by atoms with E-state index in [0.29, 0.717) is 37.0 Å². The van der Waals surface area contributed by atoms with Gasteiger partial charge in [0, 0.05) is 26.2 Å². The molecule has 0 bridgehead atoms. The van der Waals surface area contributed by atoms with Crippen LogP contribution in [0, 0.1) is 0 Å². The number of anilines is 1. The molecule has 0 aliphatic carbocycles. The van der Waals surface area contributed by atoms with Crippen molar-refractivity contribution in [3.05, 3.63) is 59.1 Å². The summed E-state index contributed by atoms with van der Waals surface area (Å²) < 4.78 is 27.9. The van der Waals surface area contributed by atoms with E-state index in [1.165, 1.54) is 4.31 Å². The number of rotatable bonds is 4. The molecule has 2 aliphatic heterocycles. The maximum Gasteiger partial charge on any atom is 0.266 e. The van der Waals surface area contributed by atoms with Crippen LogP contribution in [0.5, 0.6) is 0 Å². The van der Waals surface area contributed by atoms with Gasteiger partial charge in [-0.2, -0.15) is 0 Å². The lowest BCUT2D eigenvalue weighted by atomic mass is 10.2. The molecule has 29 heavy (non-hydrogen) atoms. The maximum absolute atomic E-state index is 13.2. The number of hydrogen-bond acceptors (Lipinski definition) is 5. The first kappa shape index (κ1) is 20.0. The Hall–Kier alpha value is -2.25. The number of aliphatic imine (C=N–C) groups is 1. The van der Waals surface area contributed by atoms with E-state index in [0.717, 1.165) is 35.8 Å². The highest BCUT2D eigenvalue weighted by Crippen LogP contribution is 2.27. The Morgan fingerprint density at radius 1 is 0.931 bits per heavy atom. The summed E-state index contributed by atoms with van der Waals surface area (Å²) in [6, 6.07) is 14.9. The minimum atomic E-state index is -3.61. The van der Waals surface area contributed by atoms with E-state index < -0.39 is 10.0 Å². The quantitative estimate of drug-likeness (QED) is 0.745. The van der Waals surface area contributed by atoms with E-state index in [4.69, 9.17) is 11.6 Å². The third-order valence-electron chi connectivity index (χ3n) is 5.45. The van der Waals surface area contributed by atoms with Gasteiger partial charge in [-0.25, -0.2) is 12.7 Å². The predicted octanol–water partition coefficient (Wildman–Crippen LogP) is 3.08. The smallest absolute Gasteiger partial charge is 0.266 e. The Bertz CT molecular complexity index is 1000. The van der Waals surface area contributed by atoms with Crippen molar-refractivity contribution in [2.24, 2.45) is 4.99 Å². The molecule has 0 aromatic heterocycles. The molecular weight excluding hydrogens is 408 g/mol. The van der Waals surface area contributed by atoms with Gasteiger partial charge >= 0.3 is 0 Å². The van der Waals surface area contributed by atoms with Gasteiger partial charge in [0.25, 0.3) is 10.0 Å². The number of hydrogen-bond donors (Lipinski definition) is 0. The van der Waals surface area contributed by atoms with E-state index in [1.54, 1.807) is 12.1 Å². The molecule has 0 unspecified atom stereocenters. The van der Waals surface area contributed by atoms with Crippen LogP contribution >= 0.6 is 11.6 Å². The average Bonchev–Trinajstić information content (AvgIpc) is 3.25. The minimum Gasteiger partial charge on any atom is -0.367 e. The Kier molecular flexibility index (Phi) is 5.69. The summed E-state index contributed by atoms with van der Waals surface area (Å²) >= 11 is 6.33. The van der Waals surface area contributed by atoms with Crippen molar-refractivity contribution in [1.82, 2.24) is 9.21 Å². The van der Waals surface area contributed by atoms with Crippen molar-refractivity contribution in [2.45, 2.75) is 18.2 Å². The van der Waals surface area contributed by atoms with Crippen LogP contribution in [-0.4, -0.2) is 62.9 Å². The fourth-order valence-corrected chi connectivity index (χ4v) is 5.48. The molecule has 0 radical (unpaired) electrons. The highest BCUT2D eigenvalue weighted by Gasteiger charge is 2.35. The molecule has 0 atom stereocenters. The maximum atomic E-state index is 13.2. The van der Waals surface area contributed by atoms with Crippen LogP contribution in [0.25, 0.3) is 0 Å². The SMILES string of the molecule is CCc1ccc(S(=O)(=O)N2CCN=C2N2CCN(c3ccccc3Cl)CC2)cc1. The van der Waals surface area contributed by atoms with Crippen LogP contribution < -0.4 is 4.90 Å². The van der Waals surface area contributed by atoms with Crippen molar-refractivity contribution in [3.8, 4) is 0 Å². The first-order valence-corrected chi connectivity index (χ1v) is 11.7. The molecule has 0 N–H and O–H groups in total. The number of guanidine groups is 1. The van der Waals surface area contributed by atoms with Gasteiger partial charge in [0.1, 0.15) is 0 Å². The van der Waals surface area contributed by atoms with Crippen LogP contribution in [-0.2, 0) is 16.4 Å². The number of nitrogens with zero attached hydrogens (tertiary/aromatic N) is 4. The second-order valence-corrected chi connectivity index (χ2v) is 9.45. The summed E-state index contributed by atoms with van der Waals surface area (Å²) in [4.78, 5) is 9.15. The van der Waals surface area contributed by atoms with Crippen LogP contribution in [0.3, 0.4) is 0 Å². The van der Waals surface area contributed by atoms with E-state index in [1.807, 2.05) is 36.4 Å². The molecule has 2 aromatic rings. The minimum absolute atomic E-state index is 0.319.